The Morgan fingerprint density at radius 2 is 1.94 bits per heavy atom. The van der Waals surface area contributed by atoms with Crippen LogP contribution in [0.5, 0.6) is 0 Å². The topological polar surface area (TPSA) is 20.2 Å². The Morgan fingerprint density at radius 3 is 2.38 bits per heavy atom. The minimum Gasteiger partial charge on any atom is -0.389 e. The Hall–Kier alpha value is -0.563. The van der Waals surface area contributed by atoms with Crippen LogP contribution < -0.4 is 0 Å². The average molecular weight is 238 g/mol. The molecule has 0 rings (SSSR count). The monoisotopic (exact) mass is 238 g/mol. The van der Waals surface area contributed by atoms with Crippen molar-refractivity contribution in [1.29, 1.82) is 0 Å². The van der Waals surface area contributed by atoms with Crippen molar-refractivity contribution in [2.24, 2.45) is 0 Å². The molecule has 0 heterocycles. The summed E-state index contributed by atoms with van der Waals surface area (Å²) in [6, 6.07) is 1.17. The van der Waals surface area contributed by atoms with Crippen molar-refractivity contribution in [3.05, 3.63) is 29.5 Å². The van der Waals surface area contributed by atoms with Gasteiger partial charge in [0.2, 0.25) is 0 Å². The van der Waals surface area contributed by atoms with Gasteiger partial charge in [0.05, 0.1) is 6.10 Å². The highest BCUT2D eigenvalue weighted by molar-refractivity contribution is 6.76. The van der Waals surface area contributed by atoms with Gasteiger partial charge in [-0.3, -0.25) is 0 Å². The standard InChI is InChI=1S/C14H26OSi/c1-12(2)14(15)10-9-13(3)8-7-11-16(4,5)6/h7,14-15H,1,9-11H2,2-6H3. The molecule has 0 aliphatic rings. The highest BCUT2D eigenvalue weighted by Gasteiger charge is 2.09. The SMILES string of the molecule is C=C(C)C(O)CCC(C)=C=CC[Si](C)(C)C. The van der Waals surface area contributed by atoms with Gasteiger partial charge in [0.15, 0.2) is 0 Å². The minimum atomic E-state index is -0.982. The van der Waals surface area contributed by atoms with Crippen LogP contribution in [0.2, 0.25) is 25.7 Å². The van der Waals surface area contributed by atoms with Crippen molar-refractivity contribution in [2.75, 3.05) is 0 Å². The largest absolute Gasteiger partial charge is 0.389 e. The van der Waals surface area contributed by atoms with Gasteiger partial charge in [-0.25, -0.2) is 0 Å². The molecule has 0 aliphatic carbocycles. The molecule has 16 heavy (non-hydrogen) atoms. The first kappa shape index (κ1) is 15.4. The molecular weight excluding hydrogens is 212 g/mol. The molecule has 0 bridgehead atoms. The van der Waals surface area contributed by atoms with E-state index in [1.807, 2.05) is 6.92 Å². The first-order valence-corrected chi connectivity index (χ1v) is 9.67. The number of hydrogen-bond acceptors (Lipinski definition) is 1. The van der Waals surface area contributed by atoms with Gasteiger partial charge >= 0.3 is 0 Å². The highest BCUT2D eigenvalue weighted by Crippen LogP contribution is 2.12. The molecule has 0 radical (unpaired) electrons. The van der Waals surface area contributed by atoms with E-state index < -0.39 is 8.07 Å². The van der Waals surface area contributed by atoms with Crippen molar-refractivity contribution in [1.82, 2.24) is 0 Å². The highest BCUT2D eigenvalue weighted by atomic mass is 28.3. The van der Waals surface area contributed by atoms with Gasteiger partial charge in [0, 0.05) is 8.07 Å². The third-order valence-electron chi connectivity index (χ3n) is 2.42. The van der Waals surface area contributed by atoms with E-state index in [-0.39, 0.29) is 6.10 Å². The average Bonchev–Trinajstić information content (AvgIpc) is 2.11. The second-order valence-electron chi connectivity index (χ2n) is 5.79. The molecule has 0 saturated heterocycles. The fourth-order valence-corrected chi connectivity index (χ4v) is 1.92. The number of aliphatic hydroxyl groups is 1. The Bertz CT molecular complexity index is 290. The zero-order valence-corrected chi connectivity index (χ0v) is 12.4. The molecule has 1 N–H and O–H groups in total. The van der Waals surface area contributed by atoms with Crippen molar-refractivity contribution in [2.45, 2.75) is 58.5 Å². The summed E-state index contributed by atoms with van der Waals surface area (Å²) in [5.74, 6) is 0. The number of allylic oxidation sites excluding steroid dienone is 1. The summed E-state index contributed by atoms with van der Waals surface area (Å²) in [7, 11) is -0.982. The molecule has 92 valence electrons. The maximum Gasteiger partial charge on any atom is 0.0748 e. The summed E-state index contributed by atoms with van der Waals surface area (Å²) in [5.41, 5.74) is 5.39. The lowest BCUT2D eigenvalue weighted by Crippen LogP contribution is -2.17. The quantitative estimate of drug-likeness (QED) is 0.419. The zero-order valence-electron chi connectivity index (χ0n) is 11.4. The van der Waals surface area contributed by atoms with Crippen molar-refractivity contribution in [3.63, 3.8) is 0 Å². The van der Waals surface area contributed by atoms with E-state index in [0.717, 1.165) is 18.4 Å². The predicted octanol–water partition coefficient (Wildman–Crippen LogP) is 4.14. The van der Waals surface area contributed by atoms with Crippen LogP contribution in [0.1, 0.15) is 26.7 Å². The van der Waals surface area contributed by atoms with Gasteiger partial charge in [0.1, 0.15) is 0 Å². The van der Waals surface area contributed by atoms with Crippen LogP contribution in [0.15, 0.2) is 29.5 Å². The molecule has 0 aromatic carbocycles. The van der Waals surface area contributed by atoms with Crippen LogP contribution in [-0.4, -0.2) is 19.3 Å². The minimum absolute atomic E-state index is 0.367. The third kappa shape index (κ3) is 8.72. The molecule has 1 atom stereocenters. The van der Waals surface area contributed by atoms with Crippen LogP contribution >= 0.6 is 0 Å². The van der Waals surface area contributed by atoms with Crippen LogP contribution in [0.3, 0.4) is 0 Å². The summed E-state index contributed by atoms with van der Waals surface area (Å²) < 4.78 is 0. The van der Waals surface area contributed by atoms with Crippen molar-refractivity contribution >= 4 is 8.07 Å². The molecule has 0 fully saturated rings. The molecule has 1 nitrogen and oxygen atoms in total. The van der Waals surface area contributed by atoms with Crippen LogP contribution in [0.4, 0.5) is 0 Å². The van der Waals surface area contributed by atoms with Gasteiger partial charge in [-0.2, -0.15) is 0 Å². The molecule has 2 heteroatoms. The molecule has 0 amide bonds. The molecule has 0 spiro atoms. The Morgan fingerprint density at radius 1 is 1.38 bits per heavy atom. The lowest BCUT2D eigenvalue weighted by Gasteiger charge is -2.11. The molecule has 0 saturated carbocycles. The van der Waals surface area contributed by atoms with Gasteiger partial charge in [-0.1, -0.05) is 31.8 Å². The maximum absolute atomic E-state index is 9.59. The van der Waals surface area contributed by atoms with Crippen LogP contribution in [0.25, 0.3) is 0 Å². The number of hydrogen-bond donors (Lipinski definition) is 1. The maximum atomic E-state index is 9.59. The van der Waals surface area contributed by atoms with Gasteiger partial charge in [-0.05, 0) is 44.4 Å². The number of aliphatic hydroxyl groups excluding tert-OH is 1. The van der Waals surface area contributed by atoms with E-state index in [1.54, 1.807) is 0 Å². The lowest BCUT2D eigenvalue weighted by molar-refractivity contribution is 0.201. The molecule has 0 aromatic heterocycles. The van der Waals surface area contributed by atoms with Gasteiger partial charge in [0.25, 0.3) is 0 Å². The van der Waals surface area contributed by atoms with Gasteiger partial charge in [-0.15, -0.1) is 5.73 Å². The number of rotatable bonds is 6. The first-order valence-electron chi connectivity index (χ1n) is 5.96. The van der Waals surface area contributed by atoms with Crippen molar-refractivity contribution < 1.29 is 5.11 Å². The molecule has 1 unspecified atom stereocenters. The van der Waals surface area contributed by atoms with E-state index in [0.29, 0.717) is 0 Å². The van der Waals surface area contributed by atoms with E-state index in [9.17, 15) is 5.11 Å². The van der Waals surface area contributed by atoms with E-state index in [4.69, 9.17) is 0 Å². The summed E-state index contributed by atoms with van der Waals surface area (Å²) in [6.45, 7) is 14.7. The van der Waals surface area contributed by atoms with Gasteiger partial charge < -0.3 is 5.11 Å². The summed E-state index contributed by atoms with van der Waals surface area (Å²) in [6.07, 6.45) is 3.45. The summed E-state index contributed by atoms with van der Waals surface area (Å²) in [4.78, 5) is 0. The Balaban J connectivity index is 4.10. The van der Waals surface area contributed by atoms with E-state index >= 15 is 0 Å². The van der Waals surface area contributed by atoms with E-state index in [1.165, 1.54) is 11.6 Å². The Kier molecular flexibility index (Phi) is 6.66. The molecular formula is C14H26OSi. The van der Waals surface area contributed by atoms with Crippen LogP contribution in [-0.2, 0) is 0 Å². The Labute approximate surface area is 102 Å². The molecule has 0 aromatic rings. The van der Waals surface area contributed by atoms with Crippen LogP contribution in [0, 0.1) is 0 Å². The predicted molar refractivity (Wildman–Crippen MR) is 75.5 cm³/mol. The molecule has 0 aliphatic heterocycles. The fraction of sp³-hybridized carbons (Fsp3) is 0.643. The zero-order chi connectivity index (χ0) is 12.8. The summed E-state index contributed by atoms with van der Waals surface area (Å²) in [5, 5.41) is 9.59. The fourth-order valence-electron chi connectivity index (χ4n) is 1.20. The first-order chi connectivity index (χ1) is 7.22. The van der Waals surface area contributed by atoms with E-state index in [2.05, 4.69) is 45.0 Å². The second kappa shape index (κ2) is 6.90. The lowest BCUT2D eigenvalue weighted by atomic mass is 10.0. The third-order valence-corrected chi connectivity index (χ3v) is 3.85. The summed E-state index contributed by atoms with van der Waals surface area (Å²) >= 11 is 0. The normalized spacial score (nSPS) is 12.9. The second-order valence-corrected chi connectivity index (χ2v) is 11.3. The van der Waals surface area contributed by atoms with Crippen molar-refractivity contribution in [3.8, 4) is 0 Å². The smallest absolute Gasteiger partial charge is 0.0748 e.